The summed E-state index contributed by atoms with van der Waals surface area (Å²) in [7, 11) is 3.20. The Labute approximate surface area is 198 Å². The molecule has 0 saturated heterocycles. The van der Waals surface area contributed by atoms with Gasteiger partial charge in [-0.3, -0.25) is 9.59 Å². The van der Waals surface area contributed by atoms with Crippen LogP contribution in [0.15, 0.2) is 83.0 Å². The Morgan fingerprint density at radius 2 is 0.853 bits per heavy atom. The van der Waals surface area contributed by atoms with Crippen LogP contribution in [0.3, 0.4) is 0 Å². The lowest BCUT2D eigenvalue weighted by molar-refractivity contribution is 0.0943. The Balaban J connectivity index is 1.58. The maximum Gasteiger partial charge on any atom is 0.271 e. The first-order valence-electron chi connectivity index (χ1n) is 10.5. The summed E-state index contributed by atoms with van der Waals surface area (Å²) in [4.78, 5) is 24.8. The molecule has 0 aliphatic carbocycles. The summed E-state index contributed by atoms with van der Waals surface area (Å²) in [6, 6.07) is 20.9. The van der Waals surface area contributed by atoms with Gasteiger partial charge in [-0.15, -0.1) is 0 Å². The second-order valence-corrected chi connectivity index (χ2v) is 7.31. The summed E-state index contributed by atoms with van der Waals surface area (Å²) in [6.45, 7) is 3.59. The maximum absolute atomic E-state index is 12.4. The van der Waals surface area contributed by atoms with E-state index in [1.165, 1.54) is 0 Å². The van der Waals surface area contributed by atoms with Gasteiger partial charge in [-0.05, 0) is 97.8 Å². The van der Waals surface area contributed by atoms with Gasteiger partial charge in [0.2, 0.25) is 0 Å². The predicted molar refractivity (Wildman–Crippen MR) is 132 cm³/mol. The highest BCUT2D eigenvalue weighted by atomic mass is 16.5. The van der Waals surface area contributed by atoms with E-state index in [1.807, 2.05) is 48.5 Å². The van der Waals surface area contributed by atoms with Gasteiger partial charge >= 0.3 is 0 Å². The number of carbonyl (C=O) groups excluding carboxylic acids is 2. The second-order valence-electron chi connectivity index (χ2n) is 7.31. The van der Waals surface area contributed by atoms with Crippen LogP contribution >= 0.6 is 0 Å². The highest BCUT2D eigenvalue weighted by molar-refractivity contribution is 6.02. The number of hydrogen-bond donors (Lipinski definition) is 2. The maximum atomic E-state index is 12.4. The van der Waals surface area contributed by atoms with E-state index in [1.54, 1.807) is 52.3 Å². The number of benzene rings is 3. The number of methoxy groups -OCH3 is 2. The predicted octanol–water partition coefficient (Wildman–Crippen LogP) is 4.01. The Morgan fingerprint density at radius 1 is 0.559 bits per heavy atom. The minimum atomic E-state index is -0.381. The normalized spacial score (nSPS) is 11.5. The summed E-state index contributed by atoms with van der Waals surface area (Å²) in [5.41, 5.74) is 8.83. The van der Waals surface area contributed by atoms with Crippen molar-refractivity contribution in [2.75, 3.05) is 14.2 Å². The lowest BCUT2D eigenvalue weighted by Crippen LogP contribution is -2.21. The highest BCUT2D eigenvalue weighted by Crippen LogP contribution is 2.13. The van der Waals surface area contributed by atoms with Gasteiger partial charge in [-0.2, -0.15) is 10.2 Å². The molecule has 0 radical (unpaired) electrons. The van der Waals surface area contributed by atoms with Crippen molar-refractivity contribution >= 4 is 23.2 Å². The van der Waals surface area contributed by atoms with E-state index in [0.717, 1.165) is 22.6 Å². The zero-order valence-electron chi connectivity index (χ0n) is 19.5. The Hall–Kier alpha value is -4.46. The van der Waals surface area contributed by atoms with Crippen molar-refractivity contribution in [3.05, 3.63) is 95.1 Å². The van der Waals surface area contributed by atoms with E-state index < -0.39 is 0 Å². The standard InChI is InChI=1S/C26H26N4O4/c1-17(19-9-13-23(33-3)14-10-19)27-29-25(31)21-5-7-22(8-6-21)26(32)30-28-18(2)20-11-15-24(34-4)16-12-20/h5-16H,1-4H3,(H,29,31)(H,30,32). The fourth-order valence-corrected chi connectivity index (χ4v) is 2.96. The Bertz CT molecular complexity index is 1100. The zero-order valence-corrected chi connectivity index (χ0v) is 19.5. The van der Waals surface area contributed by atoms with Gasteiger partial charge in [0.25, 0.3) is 11.8 Å². The van der Waals surface area contributed by atoms with Gasteiger partial charge in [-0.25, -0.2) is 10.9 Å². The molecule has 0 unspecified atom stereocenters. The number of amides is 2. The fourth-order valence-electron chi connectivity index (χ4n) is 2.96. The zero-order chi connectivity index (χ0) is 24.5. The van der Waals surface area contributed by atoms with Crippen LogP contribution < -0.4 is 20.3 Å². The van der Waals surface area contributed by atoms with Gasteiger partial charge < -0.3 is 9.47 Å². The summed E-state index contributed by atoms with van der Waals surface area (Å²) >= 11 is 0. The molecule has 0 fully saturated rings. The van der Waals surface area contributed by atoms with Crippen LogP contribution in [0.4, 0.5) is 0 Å². The molecule has 0 aliphatic heterocycles. The molecule has 3 rings (SSSR count). The third-order valence-electron chi connectivity index (χ3n) is 5.08. The van der Waals surface area contributed by atoms with Crippen LogP contribution in [-0.4, -0.2) is 37.5 Å². The third-order valence-corrected chi connectivity index (χ3v) is 5.08. The summed E-state index contributed by atoms with van der Waals surface area (Å²) in [6.07, 6.45) is 0. The molecular weight excluding hydrogens is 432 g/mol. The quantitative estimate of drug-likeness (QED) is 0.393. The first-order valence-corrected chi connectivity index (χ1v) is 10.5. The van der Waals surface area contributed by atoms with Crippen molar-refractivity contribution in [2.45, 2.75) is 13.8 Å². The molecule has 34 heavy (non-hydrogen) atoms. The van der Waals surface area contributed by atoms with E-state index in [-0.39, 0.29) is 11.8 Å². The van der Waals surface area contributed by atoms with E-state index >= 15 is 0 Å². The Kier molecular flexibility index (Phi) is 8.12. The van der Waals surface area contributed by atoms with E-state index in [9.17, 15) is 9.59 Å². The van der Waals surface area contributed by atoms with Crippen molar-refractivity contribution in [1.82, 2.24) is 10.9 Å². The van der Waals surface area contributed by atoms with E-state index in [2.05, 4.69) is 21.1 Å². The largest absolute Gasteiger partial charge is 0.497 e. The third kappa shape index (κ3) is 6.29. The molecule has 0 aliphatic rings. The van der Waals surface area contributed by atoms with Gasteiger partial charge in [0.15, 0.2) is 0 Å². The number of hydrazone groups is 2. The van der Waals surface area contributed by atoms with Crippen LogP contribution in [-0.2, 0) is 0 Å². The molecule has 174 valence electrons. The number of nitrogens with one attached hydrogen (secondary N) is 2. The van der Waals surface area contributed by atoms with Crippen molar-refractivity contribution in [2.24, 2.45) is 10.2 Å². The molecular formula is C26H26N4O4. The smallest absolute Gasteiger partial charge is 0.271 e. The second kappa shape index (κ2) is 11.4. The van der Waals surface area contributed by atoms with Crippen molar-refractivity contribution in [1.29, 1.82) is 0 Å². The average molecular weight is 459 g/mol. The molecule has 0 heterocycles. The Morgan fingerprint density at radius 3 is 1.15 bits per heavy atom. The van der Waals surface area contributed by atoms with Crippen LogP contribution in [0.1, 0.15) is 45.7 Å². The number of hydrogen-bond acceptors (Lipinski definition) is 6. The fraction of sp³-hybridized carbons (Fsp3) is 0.154. The molecule has 0 atom stereocenters. The lowest BCUT2D eigenvalue weighted by Gasteiger charge is -2.06. The molecule has 0 saturated carbocycles. The van der Waals surface area contributed by atoms with Gasteiger partial charge in [0, 0.05) is 11.1 Å². The molecule has 2 N–H and O–H groups in total. The SMILES string of the molecule is COc1ccc(C(C)=NNC(=O)c2ccc(C(=O)NN=C(C)c3ccc(OC)cc3)cc2)cc1. The topological polar surface area (TPSA) is 101 Å². The number of rotatable bonds is 8. The molecule has 8 nitrogen and oxygen atoms in total. The molecule has 3 aromatic rings. The van der Waals surface area contributed by atoms with E-state index in [0.29, 0.717) is 22.6 Å². The van der Waals surface area contributed by atoms with Crippen molar-refractivity contribution in [3.8, 4) is 11.5 Å². The number of ether oxygens (including phenoxy) is 2. The van der Waals surface area contributed by atoms with Crippen molar-refractivity contribution in [3.63, 3.8) is 0 Å². The molecule has 0 spiro atoms. The van der Waals surface area contributed by atoms with Gasteiger partial charge in [0.1, 0.15) is 11.5 Å². The van der Waals surface area contributed by atoms with E-state index in [4.69, 9.17) is 9.47 Å². The first-order chi connectivity index (χ1) is 16.4. The van der Waals surface area contributed by atoms with Crippen LogP contribution in [0, 0.1) is 0 Å². The first kappa shape index (κ1) is 24.2. The summed E-state index contributed by atoms with van der Waals surface area (Å²) < 4.78 is 10.3. The number of nitrogens with zero attached hydrogens (tertiary/aromatic N) is 2. The van der Waals surface area contributed by atoms with Gasteiger partial charge in [-0.1, -0.05) is 0 Å². The minimum absolute atomic E-state index is 0.376. The van der Waals surface area contributed by atoms with Crippen LogP contribution in [0.25, 0.3) is 0 Å². The lowest BCUT2D eigenvalue weighted by atomic mass is 10.1. The van der Waals surface area contributed by atoms with Gasteiger partial charge in [0.05, 0.1) is 25.6 Å². The molecule has 3 aromatic carbocycles. The van der Waals surface area contributed by atoms with Crippen LogP contribution in [0.5, 0.6) is 11.5 Å². The minimum Gasteiger partial charge on any atom is -0.497 e. The molecule has 0 bridgehead atoms. The van der Waals surface area contributed by atoms with Crippen molar-refractivity contribution < 1.29 is 19.1 Å². The average Bonchev–Trinajstić information content (AvgIpc) is 2.90. The number of carbonyl (C=O) groups is 2. The molecule has 2 amide bonds. The van der Waals surface area contributed by atoms with Crippen LogP contribution in [0.2, 0.25) is 0 Å². The molecule has 8 heteroatoms. The summed E-state index contributed by atoms with van der Waals surface area (Å²) in [5.74, 6) is 0.721. The monoisotopic (exact) mass is 458 g/mol. The molecule has 0 aromatic heterocycles. The summed E-state index contributed by atoms with van der Waals surface area (Å²) in [5, 5.41) is 8.29. The highest BCUT2D eigenvalue weighted by Gasteiger charge is 2.09.